The molecule has 0 bridgehead atoms. The summed E-state index contributed by atoms with van der Waals surface area (Å²) in [4.78, 5) is 14.8. The van der Waals surface area contributed by atoms with Crippen LogP contribution in [0.25, 0.3) is 5.69 Å². The second-order valence-corrected chi connectivity index (χ2v) is 8.14. The number of anilines is 1. The largest absolute Gasteiger partial charge is 0.378 e. The number of hydrogen-bond donors (Lipinski definition) is 0. The van der Waals surface area contributed by atoms with Gasteiger partial charge in [0, 0.05) is 18.7 Å². The van der Waals surface area contributed by atoms with Gasteiger partial charge in [0.1, 0.15) is 11.6 Å². The molecule has 2 heterocycles. The lowest BCUT2D eigenvalue weighted by Gasteiger charge is -2.28. The Labute approximate surface area is 176 Å². The third kappa shape index (κ3) is 4.36. The first-order chi connectivity index (χ1) is 14.5. The molecule has 0 radical (unpaired) electrons. The Morgan fingerprint density at radius 2 is 1.80 bits per heavy atom. The quantitative estimate of drug-likeness (QED) is 0.439. The Kier molecular flexibility index (Phi) is 6.10. The van der Waals surface area contributed by atoms with Gasteiger partial charge in [0.2, 0.25) is 5.95 Å². The van der Waals surface area contributed by atoms with Crippen molar-refractivity contribution in [2.75, 3.05) is 31.2 Å². The topological polar surface area (TPSA) is 60.2 Å². The molecule has 9 heteroatoms. The summed E-state index contributed by atoms with van der Waals surface area (Å²) in [6.07, 6.45) is 0. The van der Waals surface area contributed by atoms with Gasteiger partial charge in [0.15, 0.2) is 10.9 Å². The third-order valence-corrected chi connectivity index (χ3v) is 5.80. The van der Waals surface area contributed by atoms with Gasteiger partial charge in [-0.05, 0) is 49.4 Å². The lowest BCUT2D eigenvalue weighted by molar-refractivity contribution is 0.0994. The Hall–Kier alpha value is -2.78. The van der Waals surface area contributed by atoms with Crippen molar-refractivity contribution in [1.82, 2.24) is 14.8 Å². The van der Waals surface area contributed by atoms with E-state index < -0.39 is 11.1 Å². The molecule has 0 aliphatic carbocycles. The average molecular weight is 430 g/mol. The first kappa shape index (κ1) is 20.5. The molecule has 1 saturated heterocycles. The number of morpholine rings is 1. The van der Waals surface area contributed by atoms with Gasteiger partial charge in [0.05, 0.1) is 24.2 Å². The van der Waals surface area contributed by atoms with Gasteiger partial charge in [-0.25, -0.2) is 8.78 Å². The minimum Gasteiger partial charge on any atom is -0.378 e. The van der Waals surface area contributed by atoms with E-state index in [-0.39, 0.29) is 11.6 Å². The maximum atomic E-state index is 13.9. The molecule has 0 N–H and O–H groups in total. The standard InChI is InChI=1S/C21H20F2N4O2S/c1-14(19(28)15-5-7-16(22)8-6-15)30-21-25-24-20(26-9-11-29-12-10-26)27(21)18-4-2-3-17(23)13-18/h2-8,13-14H,9-12H2,1H3. The van der Waals surface area contributed by atoms with Crippen molar-refractivity contribution in [1.29, 1.82) is 0 Å². The highest BCUT2D eigenvalue weighted by atomic mass is 32.2. The zero-order valence-electron chi connectivity index (χ0n) is 16.3. The van der Waals surface area contributed by atoms with Gasteiger partial charge in [-0.3, -0.25) is 9.36 Å². The summed E-state index contributed by atoms with van der Waals surface area (Å²) in [6, 6.07) is 11.6. The number of aromatic nitrogens is 3. The van der Waals surface area contributed by atoms with Crippen molar-refractivity contribution in [3.8, 4) is 5.69 Å². The van der Waals surface area contributed by atoms with Gasteiger partial charge in [-0.1, -0.05) is 17.8 Å². The van der Waals surface area contributed by atoms with Crippen LogP contribution in [0.4, 0.5) is 14.7 Å². The van der Waals surface area contributed by atoms with Crippen LogP contribution in [0.5, 0.6) is 0 Å². The number of ether oxygens (including phenoxy) is 1. The highest BCUT2D eigenvalue weighted by Gasteiger charge is 2.25. The van der Waals surface area contributed by atoms with E-state index in [1.165, 1.54) is 48.2 Å². The summed E-state index contributed by atoms with van der Waals surface area (Å²) in [6.45, 7) is 4.18. The van der Waals surface area contributed by atoms with E-state index in [1.54, 1.807) is 23.6 Å². The molecule has 1 aromatic heterocycles. The van der Waals surface area contributed by atoms with Crippen molar-refractivity contribution in [3.05, 3.63) is 65.7 Å². The van der Waals surface area contributed by atoms with Crippen molar-refractivity contribution in [2.24, 2.45) is 0 Å². The fourth-order valence-corrected chi connectivity index (χ4v) is 4.15. The molecule has 0 spiro atoms. The summed E-state index contributed by atoms with van der Waals surface area (Å²) in [5.41, 5.74) is 0.993. The van der Waals surface area contributed by atoms with E-state index in [4.69, 9.17) is 4.74 Å². The first-order valence-corrected chi connectivity index (χ1v) is 10.4. The molecule has 2 aromatic carbocycles. The second-order valence-electron chi connectivity index (χ2n) is 6.83. The maximum absolute atomic E-state index is 13.9. The van der Waals surface area contributed by atoms with Gasteiger partial charge in [-0.2, -0.15) is 0 Å². The van der Waals surface area contributed by atoms with Crippen LogP contribution in [0.3, 0.4) is 0 Å². The third-order valence-electron chi connectivity index (χ3n) is 4.76. The van der Waals surface area contributed by atoms with Crippen molar-refractivity contribution in [2.45, 2.75) is 17.3 Å². The second kappa shape index (κ2) is 8.93. The fourth-order valence-electron chi connectivity index (χ4n) is 3.21. The van der Waals surface area contributed by atoms with E-state index >= 15 is 0 Å². The first-order valence-electron chi connectivity index (χ1n) is 9.53. The van der Waals surface area contributed by atoms with Crippen molar-refractivity contribution < 1.29 is 18.3 Å². The number of thioether (sulfide) groups is 1. The number of Topliss-reactive ketones (excluding diaryl/α,β-unsaturated/α-hetero) is 1. The van der Waals surface area contributed by atoms with Crippen LogP contribution in [0, 0.1) is 11.6 Å². The van der Waals surface area contributed by atoms with Gasteiger partial charge in [-0.15, -0.1) is 10.2 Å². The van der Waals surface area contributed by atoms with Crippen LogP contribution in [-0.4, -0.2) is 52.1 Å². The molecular weight excluding hydrogens is 410 g/mol. The Balaban J connectivity index is 1.66. The molecule has 1 fully saturated rings. The lowest BCUT2D eigenvalue weighted by atomic mass is 10.1. The maximum Gasteiger partial charge on any atom is 0.232 e. The highest BCUT2D eigenvalue weighted by molar-refractivity contribution is 8.00. The summed E-state index contributed by atoms with van der Waals surface area (Å²) in [7, 11) is 0. The van der Waals surface area contributed by atoms with E-state index in [9.17, 15) is 13.6 Å². The molecule has 6 nitrogen and oxygen atoms in total. The zero-order valence-corrected chi connectivity index (χ0v) is 17.1. The van der Waals surface area contributed by atoms with E-state index in [1.807, 2.05) is 4.90 Å². The number of rotatable bonds is 6. The number of carbonyl (C=O) groups excluding carboxylic acids is 1. The number of carbonyl (C=O) groups is 1. The predicted octanol–water partition coefficient (Wildman–Crippen LogP) is 3.75. The van der Waals surface area contributed by atoms with E-state index in [0.29, 0.717) is 48.7 Å². The molecular formula is C21H20F2N4O2S. The van der Waals surface area contributed by atoms with Crippen LogP contribution in [0.15, 0.2) is 53.7 Å². The van der Waals surface area contributed by atoms with Crippen molar-refractivity contribution in [3.63, 3.8) is 0 Å². The van der Waals surface area contributed by atoms with Gasteiger partial charge >= 0.3 is 0 Å². The van der Waals surface area contributed by atoms with Crippen LogP contribution in [-0.2, 0) is 4.74 Å². The normalized spacial score (nSPS) is 15.2. The van der Waals surface area contributed by atoms with Crippen LogP contribution < -0.4 is 4.90 Å². The van der Waals surface area contributed by atoms with Crippen molar-refractivity contribution >= 4 is 23.5 Å². The zero-order chi connectivity index (χ0) is 21.1. The lowest BCUT2D eigenvalue weighted by Crippen LogP contribution is -2.37. The Bertz CT molecular complexity index is 1040. The van der Waals surface area contributed by atoms with Crippen LogP contribution in [0.2, 0.25) is 0 Å². The number of halogens is 2. The number of hydrogen-bond acceptors (Lipinski definition) is 6. The fraction of sp³-hybridized carbons (Fsp3) is 0.286. The Morgan fingerprint density at radius 3 is 2.50 bits per heavy atom. The molecule has 30 heavy (non-hydrogen) atoms. The van der Waals surface area contributed by atoms with Crippen LogP contribution in [0.1, 0.15) is 17.3 Å². The highest BCUT2D eigenvalue weighted by Crippen LogP contribution is 2.31. The van der Waals surface area contributed by atoms with Gasteiger partial charge < -0.3 is 9.64 Å². The molecule has 0 saturated carbocycles. The van der Waals surface area contributed by atoms with Gasteiger partial charge in [0.25, 0.3) is 0 Å². The van der Waals surface area contributed by atoms with Crippen LogP contribution >= 0.6 is 11.8 Å². The molecule has 3 aromatic rings. The SMILES string of the molecule is CC(Sc1nnc(N2CCOCC2)n1-c1cccc(F)c1)C(=O)c1ccc(F)cc1. The summed E-state index contributed by atoms with van der Waals surface area (Å²) in [5, 5.41) is 8.59. The number of nitrogens with zero attached hydrogens (tertiary/aromatic N) is 4. The molecule has 1 aliphatic heterocycles. The molecule has 1 aliphatic rings. The molecule has 0 amide bonds. The summed E-state index contributed by atoms with van der Waals surface area (Å²) >= 11 is 1.23. The minimum absolute atomic E-state index is 0.151. The molecule has 1 unspecified atom stereocenters. The average Bonchev–Trinajstić information content (AvgIpc) is 3.18. The molecule has 1 atom stereocenters. The minimum atomic E-state index is -0.496. The molecule has 4 rings (SSSR count). The van der Waals surface area contributed by atoms with E-state index in [0.717, 1.165) is 0 Å². The number of benzene rings is 2. The smallest absolute Gasteiger partial charge is 0.232 e. The monoisotopic (exact) mass is 430 g/mol. The summed E-state index contributed by atoms with van der Waals surface area (Å²) in [5.74, 6) is -0.345. The summed E-state index contributed by atoms with van der Waals surface area (Å²) < 4.78 is 34.3. The number of ketones is 1. The van der Waals surface area contributed by atoms with E-state index in [2.05, 4.69) is 10.2 Å². The Morgan fingerprint density at radius 1 is 1.07 bits per heavy atom. The molecule has 156 valence electrons. The predicted molar refractivity (Wildman–Crippen MR) is 110 cm³/mol.